The lowest BCUT2D eigenvalue weighted by Crippen LogP contribution is -2.18. The predicted molar refractivity (Wildman–Crippen MR) is 80.0 cm³/mol. The van der Waals surface area contributed by atoms with Gasteiger partial charge in [0.05, 0.1) is 0 Å². The van der Waals surface area contributed by atoms with Crippen LogP contribution in [-0.4, -0.2) is 23.3 Å². The zero-order valence-corrected chi connectivity index (χ0v) is 12.3. The number of anilines is 2. The summed E-state index contributed by atoms with van der Waals surface area (Å²) < 4.78 is 37.3. The lowest BCUT2D eigenvalue weighted by atomic mass is 10.2. The van der Waals surface area contributed by atoms with Crippen LogP contribution < -0.4 is 10.2 Å². The van der Waals surface area contributed by atoms with Crippen LogP contribution >= 0.6 is 11.3 Å². The highest BCUT2D eigenvalue weighted by molar-refractivity contribution is 7.15. The first-order valence-electron chi connectivity index (χ1n) is 6.66. The molecule has 0 amide bonds. The summed E-state index contributed by atoms with van der Waals surface area (Å²) in [6.45, 7) is 2.22. The molecule has 1 N–H and O–H groups in total. The van der Waals surface area contributed by atoms with E-state index in [9.17, 15) is 13.2 Å². The normalized spacial score (nSPS) is 14.6. The van der Waals surface area contributed by atoms with Crippen molar-refractivity contribution in [3.8, 4) is 0 Å². The van der Waals surface area contributed by atoms with Crippen molar-refractivity contribution in [2.24, 2.45) is 0 Å². The molecule has 0 bridgehead atoms. The SMILES string of the molecule is FC(F)(F)c1nnc(NCc2ccc(N3CC=CC3)cc2)s1. The molecule has 22 heavy (non-hydrogen) atoms. The van der Waals surface area contributed by atoms with Gasteiger partial charge in [0, 0.05) is 25.3 Å². The van der Waals surface area contributed by atoms with Gasteiger partial charge in [-0.05, 0) is 17.7 Å². The van der Waals surface area contributed by atoms with E-state index in [2.05, 4.69) is 32.6 Å². The van der Waals surface area contributed by atoms with Crippen molar-refractivity contribution < 1.29 is 13.2 Å². The van der Waals surface area contributed by atoms with Crippen LogP contribution in [0, 0.1) is 0 Å². The van der Waals surface area contributed by atoms with E-state index >= 15 is 0 Å². The maximum Gasteiger partial charge on any atom is 0.445 e. The van der Waals surface area contributed by atoms with Crippen LogP contribution in [0.2, 0.25) is 0 Å². The Bertz CT molecular complexity index is 655. The van der Waals surface area contributed by atoms with E-state index in [0.29, 0.717) is 17.9 Å². The smallest absolute Gasteiger partial charge is 0.364 e. The summed E-state index contributed by atoms with van der Waals surface area (Å²) in [6, 6.07) is 7.91. The summed E-state index contributed by atoms with van der Waals surface area (Å²) in [7, 11) is 0. The molecule has 2 heterocycles. The minimum atomic E-state index is -4.44. The molecule has 0 spiro atoms. The van der Waals surface area contributed by atoms with Gasteiger partial charge < -0.3 is 10.2 Å². The number of hydrogen-bond acceptors (Lipinski definition) is 5. The molecule has 2 aromatic rings. The molecule has 4 nitrogen and oxygen atoms in total. The van der Waals surface area contributed by atoms with E-state index in [-0.39, 0.29) is 5.13 Å². The van der Waals surface area contributed by atoms with Gasteiger partial charge in [-0.3, -0.25) is 0 Å². The lowest BCUT2D eigenvalue weighted by Gasteiger charge is -2.17. The number of aromatic nitrogens is 2. The van der Waals surface area contributed by atoms with E-state index in [1.807, 2.05) is 24.3 Å². The van der Waals surface area contributed by atoms with E-state index < -0.39 is 11.2 Å². The summed E-state index contributed by atoms with van der Waals surface area (Å²) in [5.41, 5.74) is 2.10. The van der Waals surface area contributed by atoms with Crippen molar-refractivity contribution in [2.75, 3.05) is 23.3 Å². The van der Waals surface area contributed by atoms with E-state index in [1.54, 1.807) is 0 Å². The van der Waals surface area contributed by atoms with Crippen molar-refractivity contribution in [3.63, 3.8) is 0 Å². The van der Waals surface area contributed by atoms with E-state index in [1.165, 1.54) is 0 Å². The Morgan fingerprint density at radius 1 is 1.09 bits per heavy atom. The highest BCUT2D eigenvalue weighted by Gasteiger charge is 2.35. The second-order valence-corrected chi connectivity index (χ2v) is 5.78. The molecule has 1 aromatic heterocycles. The summed E-state index contributed by atoms with van der Waals surface area (Å²) >= 11 is 0.508. The third-order valence-corrected chi connectivity index (χ3v) is 4.16. The van der Waals surface area contributed by atoms with Gasteiger partial charge in [0.2, 0.25) is 10.1 Å². The van der Waals surface area contributed by atoms with Crippen LogP contribution in [0.5, 0.6) is 0 Å². The summed E-state index contributed by atoms with van der Waals surface area (Å²) in [5, 5.41) is 8.72. The number of nitrogens with zero attached hydrogens (tertiary/aromatic N) is 3. The fourth-order valence-corrected chi connectivity index (χ4v) is 2.71. The second kappa shape index (κ2) is 5.96. The molecule has 0 saturated carbocycles. The average Bonchev–Trinajstić information content (AvgIpc) is 3.16. The van der Waals surface area contributed by atoms with Gasteiger partial charge in [-0.2, -0.15) is 13.2 Å². The molecule has 0 aliphatic carbocycles. The summed E-state index contributed by atoms with van der Waals surface area (Å²) in [5.74, 6) is 0. The number of benzene rings is 1. The first-order chi connectivity index (χ1) is 10.5. The van der Waals surface area contributed by atoms with Crippen molar-refractivity contribution >= 4 is 22.2 Å². The molecule has 8 heteroatoms. The Labute approximate surface area is 129 Å². The van der Waals surface area contributed by atoms with Crippen molar-refractivity contribution in [3.05, 3.63) is 47.0 Å². The fourth-order valence-electron chi connectivity index (χ4n) is 2.10. The van der Waals surface area contributed by atoms with Crippen LogP contribution in [0.15, 0.2) is 36.4 Å². The van der Waals surface area contributed by atoms with Crippen LogP contribution in [0.3, 0.4) is 0 Å². The minimum absolute atomic E-state index is 0.167. The van der Waals surface area contributed by atoms with Crippen LogP contribution in [0.1, 0.15) is 10.6 Å². The number of rotatable bonds is 4. The highest BCUT2D eigenvalue weighted by atomic mass is 32.1. The number of halogens is 3. The van der Waals surface area contributed by atoms with Crippen molar-refractivity contribution in [1.29, 1.82) is 0 Å². The third kappa shape index (κ3) is 3.38. The Hall–Kier alpha value is -2.09. The van der Waals surface area contributed by atoms with Gasteiger partial charge in [-0.1, -0.05) is 35.6 Å². The first-order valence-corrected chi connectivity index (χ1v) is 7.47. The topological polar surface area (TPSA) is 41.1 Å². The Morgan fingerprint density at radius 2 is 1.77 bits per heavy atom. The van der Waals surface area contributed by atoms with Crippen LogP contribution in [0.4, 0.5) is 24.0 Å². The zero-order valence-electron chi connectivity index (χ0n) is 11.5. The third-order valence-electron chi connectivity index (χ3n) is 3.23. The molecular formula is C14H13F3N4S. The van der Waals surface area contributed by atoms with Crippen LogP contribution in [-0.2, 0) is 12.7 Å². The average molecular weight is 326 g/mol. The van der Waals surface area contributed by atoms with E-state index in [0.717, 1.165) is 24.3 Å². The molecule has 1 aliphatic heterocycles. The highest BCUT2D eigenvalue weighted by Crippen LogP contribution is 2.33. The number of hydrogen-bond donors (Lipinski definition) is 1. The summed E-state index contributed by atoms with van der Waals surface area (Å²) in [6.07, 6.45) is -0.213. The molecule has 3 rings (SSSR count). The van der Waals surface area contributed by atoms with Crippen LogP contribution in [0.25, 0.3) is 0 Å². The maximum absolute atomic E-state index is 12.4. The standard InChI is InChI=1S/C14H13F3N4S/c15-14(16,17)12-19-20-13(22-12)18-9-10-3-5-11(6-4-10)21-7-1-2-8-21/h1-6H,7-9H2,(H,18,20). The van der Waals surface area contributed by atoms with Gasteiger partial charge in [0.15, 0.2) is 0 Å². The molecule has 0 atom stereocenters. The van der Waals surface area contributed by atoms with Crippen molar-refractivity contribution in [2.45, 2.75) is 12.7 Å². The van der Waals surface area contributed by atoms with Gasteiger partial charge >= 0.3 is 6.18 Å². The molecule has 0 saturated heterocycles. The molecule has 0 radical (unpaired) electrons. The van der Waals surface area contributed by atoms with Gasteiger partial charge in [-0.15, -0.1) is 10.2 Å². The number of nitrogens with one attached hydrogen (secondary N) is 1. The lowest BCUT2D eigenvalue weighted by molar-refractivity contribution is -0.138. The maximum atomic E-state index is 12.4. The number of alkyl halides is 3. The van der Waals surface area contributed by atoms with Gasteiger partial charge in [0.1, 0.15) is 0 Å². The zero-order chi connectivity index (χ0) is 15.6. The summed E-state index contributed by atoms with van der Waals surface area (Å²) in [4.78, 5) is 2.22. The minimum Gasteiger partial charge on any atom is -0.364 e. The quantitative estimate of drug-likeness (QED) is 0.873. The second-order valence-electron chi connectivity index (χ2n) is 4.81. The van der Waals surface area contributed by atoms with Gasteiger partial charge in [-0.25, -0.2) is 0 Å². The van der Waals surface area contributed by atoms with Crippen molar-refractivity contribution in [1.82, 2.24) is 10.2 Å². The molecule has 0 fully saturated rings. The molecule has 1 aliphatic rings. The van der Waals surface area contributed by atoms with Gasteiger partial charge in [0.25, 0.3) is 0 Å². The first kappa shape index (κ1) is 14.8. The Morgan fingerprint density at radius 3 is 2.36 bits per heavy atom. The van der Waals surface area contributed by atoms with E-state index in [4.69, 9.17) is 0 Å². The molecular weight excluding hydrogens is 313 g/mol. The predicted octanol–water partition coefficient (Wildman–Crippen LogP) is 3.55. The molecule has 0 unspecified atom stereocenters. The monoisotopic (exact) mass is 326 g/mol. The molecule has 116 valence electrons. The Kier molecular flexibility index (Phi) is 4.02. The fraction of sp³-hybridized carbons (Fsp3) is 0.286. The Balaban J connectivity index is 1.58. The molecule has 1 aromatic carbocycles. The largest absolute Gasteiger partial charge is 0.445 e.